The van der Waals surface area contributed by atoms with Gasteiger partial charge in [0.25, 0.3) is 0 Å². The Morgan fingerprint density at radius 3 is 2.81 bits per heavy atom. The molecule has 0 bridgehead atoms. The molecular weight excluding hydrogens is 390 g/mol. The second-order valence-corrected chi connectivity index (χ2v) is 5.22. The van der Waals surface area contributed by atoms with E-state index < -0.39 is 5.38 Å². The number of carbonyl (C=O) groups excluding carboxylic acids is 1. The molecule has 1 aromatic carbocycles. The van der Waals surface area contributed by atoms with Crippen LogP contribution in [0, 0.1) is 6.08 Å². The van der Waals surface area contributed by atoms with Gasteiger partial charge in [-0.3, -0.25) is 4.79 Å². The van der Waals surface area contributed by atoms with Crippen molar-refractivity contribution in [2.45, 2.75) is 11.8 Å². The maximum absolute atomic E-state index is 11.9. The third-order valence-electron chi connectivity index (χ3n) is 2.92. The molecule has 0 saturated carbocycles. The van der Waals surface area contributed by atoms with Crippen molar-refractivity contribution in [2.24, 2.45) is 0 Å². The van der Waals surface area contributed by atoms with E-state index in [1.54, 1.807) is 32.4 Å². The minimum Gasteiger partial charge on any atom is -0.468 e. The Morgan fingerprint density at radius 2 is 2.19 bits per heavy atom. The van der Waals surface area contributed by atoms with E-state index in [2.05, 4.69) is 6.08 Å². The molecule has 0 spiro atoms. The summed E-state index contributed by atoms with van der Waals surface area (Å²) in [6.07, 6.45) is 3.48. The zero-order chi connectivity index (χ0) is 14.7. The normalized spacial score (nSPS) is 18.1. The minimum atomic E-state index is -0.563. The quantitative estimate of drug-likeness (QED) is 0.440. The third-order valence-corrected chi connectivity index (χ3v) is 3.58. The van der Waals surface area contributed by atoms with Crippen LogP contribution in [-0.4, -0.2) is 37.1 Å². The van der Waals surface area contributed by atoms with Gasteiger partial charge in [-0.25, -0.2) is 6.08 Å². The summed E-state index contributed by atoms with van der Waals surface area (Å²) < 4.78 is 10.1. The van der Waals surface area contributed by atoms with Crippen LogP contribution in [0.25, 0.3) is 5.70 Å². The average Bonchev–Trinajstić information content (AvgIpc) is 2.44. The van der Waals surface area contributed by atoms with Crippen molar-refractivity contribution >= 4 is 34.8 Å². The molecule has 111 valence electrons. The van der Waals surface area contributed by atoms with E-state index in [1.165, 1.54) is 4.90 Å². The molecule has 1 radical (unpaired) electrons. The van der Waals surface area contributed by atoms with Crippen molar-refractivity contribution in [1.82, 2.24) is 4.90 Å². The van der Waals surface area contributed by atoms with E-state index in [4.69, 9.17) is 32.7 Å². The Bertz CT molecular complexity index is 551. The molecule has 1 heterocycles. The van der Waals surface area contributed by atoms with Gasteiger partial charge >= 0.3 is 0 Å². The van der Waals surface area contributed by atoms with E-state index in [9.17, 15) is 4.79 Å². The summed E-state index contributed by atoms with van der Waals surface area (Å²) in [5, 5.41) is -0.0828. The van der Waals surface area contributed by atoms with Crippen LogP contribution < -0.4 is 4.74 Å². The molecule has 2 rings (SSSR count). The molecule has 0 aliphatic carbocycles. The number of hydrogen-bond donors (Lipinski definition) is 0. The second-order valence-electron chi connectivity index (χ2n) is 4.29. The Labute approximate surface area is 159 Å². The first-order chi connectivity index (χ1) is 9.54. The smallest absolute Gasteiger partial charge is 0.240 e. The second kappa shape index (κ2) is 8.49. The SMILES string of the molecule is COCOc1ccc(C2=[C-]CC(Cl)C(=O)N2C)c(Cl)c1.[Y]. The summed E-state index contributed by atoms with van der Waals surface area (Å²) in [5.41, 5.74) is 1.35. The first kappa shape index (κ1) is 18.9. The zero-order valence-corrected chi connectivity index (χ0v) is 16.1. The number of allylic oxidation sites excluding steroid dienone is 1. The van der Waals surface area contributed by atoms with Gasteiger partial charge in [0, 0.05) is 46.9 Å². The zero-order valence-electron chi connectivity index (χ0n) is 11.7. The number of methoxy groups -OCH3 is 1. The van der Waals surface area contributed by atoms with Gasteiger partial charge in [0.2, 0.25) is 5.91 Å². The Balaban J connectivity index is 0.00000220. The van der Waals surface area contributed by atoms with Crippen LogP contribution in [0.4, 0.5) is 0 Å². The summed E-state index contributed by atoms with van der Waals surface area (Å²) in [7, 11) is 3.20. The third kappa shape index (κ3) is 4.43. The molecule has 21 heavy (non-hydrogen) atoms. The van der Waals surface area contributed by atoms with Crippen LogP contribution in [0.5, 0.6) is 5.75 Å². The van der Waals surface area contributed by atoms with E-state index in [0.717, 1.165) is 5.56 Å². The largest absolute Gasteiger partial charge is 0.468 e. The molecule has 0 aromatic heterocycles. The van der Waals surface area contributed by atoms with Gasteiger partial charge in [-0.15, -0.1) is 40.5 Å². The monoisotopic (exact) mass is 403 g/mol. The molecule has 1 unspecified atom stereocenters. The summed E-state index contributed by atoms with van der Waals surface area (Å²) >= 11 is 12.1. The summed E-state index contributed by atoms with van der Waals surface area (Å²) in [5.74, 6) is 0.442. The number of carbonyl (C=O) groups is 1. The molecular formula is C14H14Cl2NO3Y-. The van der Waals surface area contributed by atoms with Crippen molar-refractivity contribution in [3.8, 4) is 5.75 Å². The fourth-order valence-corrected chi connectivity index (χ4v) is 2.38. The summed E-state index contributed by atoms with van der Waals surface area (Å²) in [4.78, 5) is 13.3. The molecule has 0 saturated heterocycles. The van der Waals surface area contributed by atoms with Crippen molar-refractivity contribution in [3.63, 3.8) is 0 Å². The predicted octanol–water partition coefficient (Wildman–Crippen LogP) is 2.93. The van der Waals surface area contributed by atoms with Gasteiger partial charge < -0.3 is 14.4 Å². The van der Waals surface area contributed by atoms with Crippen LogP contribution in [0.3, 0.4) is 0 Å². The van der Waals surface area contributed by atoms with Gasteiger partial charge in [0.1, 0.15) is 11.1 Å². The molecule has 0 fully saturated rings. The Morgan fingerprint density at radius 1 is 1.48 bits per heavy atom. The molecule has 1 aliphatic rings. The maximum Gasteiger partial charge on any atom is 0.240 e. The van der Waals surface area contributed by atoms with Gasteiger partial charge in [-0.05, 0) is 17.2 Å². The Hall–Kier alpha value is -0.126. The minimum absolute atomic E-state index is 0. The maximum atomic E-state index is 11.9. The first-order valence-electron chi connectivity index (χ1n) is 5.98. The van der Waals surface area contributed by atoms with Crippen LogP contribution >= 0.6 is 23.2 Å². The Kier molecular flexibility index (Phi) is 7.65. The number of halogens is 2. The van der Waals surface area contributed by atoms with E-state index >= 15 is 0 Å². The van der Waals surface area contributed by atoms with E-state index in [0.29, 0.717) is 22.9 Å². The van der Waals surface area contributed by atoms with Crippen molar-refractivity contribution in [2.75, 3.05) is 21.0 Å². The molecule has 4 nitrogen and oxygen atoms in total. The van der Waals surface area contributed by atoms with Gasteiger partial charge in [-0.1, -0.05) is 6.42 Å². The number of hydrogen-bond acceptors (Lipinski definition) is 3. The molecule has 1 aliphatic heterocycles. The fraction of sp³-hybridized carbons (Fsp3) is 0.357. The predicted molar refractivity (Wildman–Crippen MR) is 77.6 cm³/mol. The van der Waals surface area contributed by atoms with Crippen LogP contribution in [-0.2, 0) is 42.2 Å². The average molecular weight is 404 g/mol. The molecule has 1 amide bonds. The van der Waals surface area contributed by atoms with Gasteiger partial charge in [0.15, 0.2) is 6.79 Å². The van der Waals surface area contributed by atoms with Gasteiger partial charge in [0.05, 0.1) is 0 Å². The van der Waals surface area contributed by atoms with Crippen LogP contribution in [0.15, 0.2) is 18.2 Å². The van der Waals surface area contributed by atoms with E-state index in [-0.39, 0.29) is 45.4 Å². The standard InChI is InChI=1S/C14H14Cl2NO3.Y/c1-17-13(6-5-11(15)14(17)18)10-4-3-9(7-12(10)16)20-8-19-2;/h3-4,7,11H,5,8H2,1-2H3;/q-1;. The van der Waals surface area contributed by atoms with Crippen LogP contribution in [0.2, 0.25) is 5.02 Å². The summed E-state index contributed by atoms with van der Waals surface area (Å²) in [6.45, 7) is 0.150. The number of nitrogens with zero attached hydrogens (tertiary/aromatic N) is 1. The molecule has 1 atom stereocenters. The topological polar surface area (TPSA) is 38.8 Å². The first-order valence-corrected chi connectivity index (χ1v) is 6.80. The molecule has 1 aromatic rings. The number of benzene rings is 1. The molecule has 0 N–H and O–H groups in total. The van der Waals surface area contributed by atoms with Crippen molar-refractivity contribution in [1.29, 1.82) is 0 Å². The van der Waals surface area contributed by atoms with E-state index in [1.807, 2.05) is 0 Å². The van der Waals surface area contributed by atoms with Gasteiger partial charge in [-0.2, -0.15) is 0 Å². The molecule has 7 heteroatoms. The van der Waals surface area contributed by atoms with Crippen molar-refractivity contribution in [3.05, 3.63) is 34.9 Å². The number of amides is 1. The number of alkyl halides is 1. The van der Waals surface area contributed by atoms with Crippen LogP contribution in [0.1, 0.15) is 12.0 Å². The van der Waals surface area contributed by atoms with Crippen molar-refractivity contribution < 1.29 is 47.0 Å². The fourth-order valence-electron chi connectivity index (χ4n) is 1.89. The number of rotatable bonds is 4. The summed E-state index contributed by atoms with van der Waals surface area (Å²) in [6, 6.07) is 5.23. The number of ether oxygens (including phenoxy) is 2.